The van der Waals surface area contributed by atoms with E-state index in [1.54, 1.807) is 12.1 Å². The van der Waals surface area contributed by atoms with Gasteiger partial charge in [0.2, 0.25) is 0 Å². The molecular formula is C18H28FNO4. The number of halogens is 1. The van der Waals surface area contributed by atoms with Gasteiger partial charge in [0.25, 0.3) is 0 Å². The van der Waals surface area contributed by atoms with Crippen molar-refractivity contribution >= 4 is 5.69 Å². The lowest BCUT2D eigenvalue weighted by Gasteiger charge is -2.52. The summed E-state index contributed by atoms with van der Waals surface area (Å²) in [6.45, 7) is 0.573. The zero-order valence-electron chi connectivity index (χ0n) is 13.2. The minimum atomic E-state index is -1.07. The van der Waals surface area contributed by atoms with Crippen LogP contribution in [0, 0.1) is 11.7 Å². The second-order valence-corrected chi connectivity index (χ2v) is 6.46. The molecule has 1 aromatic rings. The van der Waals surface area contributed by atoms with Crippen LogP contribution in [-0.2, 0) is 9.47 Å². The Bertz CT molecular complexity index is 526. The average Bonchev–Trinajstić information content (AvgIpc) is 2.56. The Labute approximate surface area is 142 Å². The quantitative estimate of drug-likeness (QED) is 0.734. The van der Waals surface area contributed by atoms with Crippen LogP contribution in [0.1, 0.15) is 33.1 Å². The van der Waals surface area contributed by atoms with Gasteiger partial charge < -0.3 is 25.0 Å². The summed E-state index contributed by atoms with van der Waals surface area (Å²) in [6.07, 6.45) is 1.31. The molecule has 0 amide bonds. The molecule has 3 N–H and O–H groups in total. The predicted molar refractivity (Wildman–Crippen MR) is 90.2 cm³/mol. The van der Waals surface area contributed by atoms with Gasteiger partial charge in [-0.15, -0.1) is 0 Å². The van der Waals surface area contributed by atoms with Gasteiger partial charge in [-0.05, 0) is 49.9 Å². The maximum atomic E-state index is 13.0. The van der Waals surface area contributed by atoms with Crippen LogP contribution in [0.3, 0.4) is 0 Å². The minimum absolute atomic E-state index is 0. The molecular weight excluding hydrogens is 313 g/mol. The third-order valence-electron chi connectivity index (χ3n) is 5.09. The molecule has 6 heteroatoms. The fourth-order valence-electron chi connectivity index (χ4n) is 3.89. The Morgan fingerprint density at radius 2 is 2.04 bits per heavy atom. The lowest BCUT2D eigenvalue weighted by Crippen LogP contribution is -2.65. The molecule has 1 saturated carbocycles. The zero-order valence-corrected chi connectivity index (χ0v) is 13.2. The highest BCUT2D eigenvalue weighted by atomic mass is 19.1. The first-order chi connectivity index (χ1) is 11.0. The molecule has 1 aromatic carbocycles. The van der Waals surface area contributed by atoms with E-state index in [1.807, 2.05) is 0 Å². The summed E-state index contributed by atoms with van der Waals surface area (Å²) in [5.74, 6) is -0.545. The Balaban J connectivity index is 0.00000208. The molecule has 0 radical (unpaired) electrons. The van der Waals surface area contributed by atoms with Crippen molar-refractivity contribution in [2.45, 2.75) is 57.1 Å². The van der Waals surface area contributed by atoms with Gasteiger partial charge in [-0.2, -0.15) is 0 Å². The number of aliphatic hydroxyl groups excluding tert-OH is 1. The molecule has 24 heavy (non-hydrogen) atoms. The molecule has 2 unspecified atom stereocenters. The summed E-state index contributed by atoms with van der Waals surface area (Å²) in [7, 11) is 1.45. The highest BCUT2D eigenvalue weighted by Gasteiger charge is 2.54. The lowest BCUT2D eigenvalue weighted by atomic mass is 9.68. The number of nitrogens with one attached hydrogen (secondary N) is 1. The largest absolute Gasteiger partial charge is 0.385 e. The number of hydrogen-bond donors (Lipinski definition) is 3. The third-order valence-corrected chi connectivity index (χ3v) is 5.09. The van der Waals surface area contributed by atoms with Crippen molar-refractivity contribution < 1.29 is 24.1 Å². The molecule has 0 aromatic heterocycles. The van der Waals surface area contributed by atoms with Gasteiger partial charge in [-0.3, -0.25) is 0 Å². The van der Waals surface area contributed by atoms with E-state index in [9.17, 15) is 14.6 Å². The van der Waals surface area contributed by atoms with Gasteiger partial charge in [0.15, 0.2) is 6.29 Å². The highest BCUT2D eigenvalue weighted by Crippen LogP contribution is 2.43. The molecule has 2 fully saturated rings. The topological polar surface area (TPSA) is 71.0 Å². The first kappa shape index (κ1) is 19.1. The molecule has 1 aliphatic heterocycles. The van der Waals surface area contributed by atoms with E-state index in [2.05, 4.69) is 5.32 Å². The van der Waals surface area contributed by atoms with Crippen molar-refractivity contribution in [1.82, 2.24) is 0 Å². The maximum Gasteiger partial charge on any atom is 0.159 e. The number of aliphatic hydroxyl groups is 2. The zero-order chi connectivity index (χ0) is 16.4. The van der Waals surface area contributed by atoms with Crippen molar-refractivity contribution in [3.8, 4) is 0 Å². The Kier molecular flexibility index (Phi) is 6.20. The van der Waals surface area contributed by atoms with Crippen LogP contribution in [0.5, 0.6) is 0 Å². The molecule has 2 aliphatic rings. The van der Waals surface area contributed by atoms with Gasteiger partial charge >= 0.3 is 0 Å². The molecule has 136 valence electrons. The number of rotatable bonds is 4. The SMILES string of the molecule is C.COC(O)C1CC[C@@H](Nc2ccc(F)cc2)[C@]2(O)CCCO[C@H]12. The number of fused-ring (bicyclic) bond motifs is 1. The van der Waals surface area contributed by atoms with Crippen molar-refractivity contribution in [2.75, 3.05) is 19.0 Å². The first-order valence-corrected chi connectivity index (χ1v) is 8.11. The van der Waals surface area contributed by atoms with Gasteiger partial charge in [-0.1, -0.05) is 7.43 Å². The molecule has 1 aliphatic carbocycles. The number of anilines is 1. The predicted octanol–water partition coefficient (Wildman–Crippen LogP) is 2.53. The molecule has 5 nitrogen and oxygen atoms in total. The molecule has 3 rings (SSSR count). The lowest BCUT2D eigenvalue weighted by molar-refractivity contribution is -0.237. The molecule has 1 saturated heterocycles. The Morgan fingerprint density at radius 1 is 1.33 bits per heavy atom. The van der Waals surface area contributed by atoms with E-state index < -0.39 is 18.0 Å². The van der Waals surface area contributed by atoms with Crippen LogP contribution in [0.25, 0.3) is 0 Å². The van der Waals surface area contributed by atoms with E-state index in [4.69, 9.17) is 9.47 Å². The number of ether oxygens (including phenoxy) is 2. The Hall–Kier alpha value is -1.21. The van der Waals surface area contributed by atoms with Crippen molar-refractivity contribution in [2.24, 2.45) is 5.92 Å². The minimum Gasteiger partial charge on any atom is -0.385 e. The summed E-state index contributed by atoms with van der Waals surface area (Å²) < 4.78 is 23.9. The highest BCUT2D eigenvalue weighted by molar-refractivity contribution is 5.45. The monoisotopic (exact) mass is 341 g/mol. The number of methoxy groups -OCH3 is 1. The van der Waals surface area contributed by atoms with Crippen LogP contribution >= 0.6 is 0 Å². The summed E-state index contributed by atoms with van der Waals surface area (Å²) >= 11 is 0. The molecule has 5 atom stereocenters. The molecule has 1 heterocycles. The number of benzene rings is 1. The van der Waals surface area contributed by atoms with Gasteiger partial charge in [0.05, 0.1) is 12.1 Å². The molecule has 0 spiro atoms. The van der Waals surface area contributed by atoms with Gasteiger partial charge in [-0.25, -0.2) is 4.39 Å². The summed E-state index contributed by atoms with van der Waals surface area (Å²) in [4.78, 5) is 0. The van der Waals surface area contributed by atoms with Crippen LogP contribution in [0.15, 0.2) is 24.3 Å². The smallest absolute Gasteiger partial charge is 0.159 e. The fraction of sp³-hybridized carbons (Fsp3) is 0.667. The van der Waals surface area contributed by atoms with Crippen LogP contribution in [-0.4, -0.2) is 48.0 Å². The van der Waals surface area contributed by atoms with Gasteiger partial charge in [0.1, 0.15) is 11.4 Å². The molecule has 0 bridgehead atoms. The number of hydrogen-bond acceptors (Lipinski definition) is 5. The average molecular weight is 341 g/mol. The van der Waals surface area contributed by atoms with Crippen LogP contribution < -0.4 is 5.32 Å². The van der Waals surface area contributed by atoms with E-state index in [0.29, 0.717) is 25.9 Å². The fourth-order valence-corrected chi connectivity index (χ4v) is 3.89. The summed E-state index contributed by atoms with van der Waals surface area (Å²) in [5, 5.41) is 24.6. The summed E-state index contributed by atoms with van der Waals surface area (Å²) in [5.41, 5.74) is -0.311. The van der Waals surface area contributed by atoms with E-state index >= 15 is 0 Å². The van der Waals surface area contributed by atoms with E-state index in [0.717, 1.165) is 12.1 Å². The maximum absolute atomic E-state index is 13.0. The van der Waals surface area contributed by atoms with E-state index in [-0.39, 0.29) is 25.2 Å². The van der Waals surface area contributed by atoms with Crippen LogP contribution in [0.4, 0.5) is 10.1 Å². The van der Waals surface area contributed by atoms with Crippen molar-refractivity contribution in [3.05, 3.63) is 30.1 Å². The Morgan fingerprint density at radius 3 is 2.71 bits per heavy atom. The second-order valence-electron chi connectivity index (χ2n) is 6.46. The standard InChI is InChI=1S/C17H24FNO4.CH4/c1-22-16(20)13-7-8-14(17(21)9-2-10-23-15(13)17)19-12-5-3-11(18)4-6-12;/h3-6,13-16,19-21H,2,7-10H2,1H3;1H4/t13?,14-,15-,16?,17-;/m1./s1. The van der Waals surface area contributed by atoms with Crippen molar-refractivity contribution in [3.63, 3.8) is 0 Å². The summed E-state index contributed by atoms with van der Waals surface area (Å²) in [6, 6.07) is 5.89. The van der Waals surface area contributed by atoms with Crippen molar-refractivity contribution in [1.29, 1.82) is 0 Å². The third kappa shape index (κ3) is 3.57. The van der Waals surface area contributed by atoms with Crippen LogP contribution in [0.2, 0.25) is 0 Å². The van der Waals surface area contributed by atoms with E-state index in [1.165, 1.54) is 19.2 Å². The normalized spacial score (nSPS) is 33.9. The van der Waals surface area contributed by atoms with Gasteiger partial charge in [0, 0.05) is 25.3 Å². The first-order valence-electron chi connectivity index (χ1n) is 8.11. The second kappa shape index (κ2) is 7.78.